The summed E-state index contributed by atoms with van der Waals surface area (Å²) in [4.78, 5) is 30.0. The number of aryl methyl sites for hydroxylation is 2. The summed E-state index contributed by atoms with van der Waals surface area (Å²) in [5, 5.41) is 0.544. The molecule has 0 aliphatic rings. The van der Waals surface area contributed by atoms with Crippen molar-refractivity contribution in [2.24, 2.45) is 7.05 Å². The zero-order valence-electron chi connectivity index (χ0n) is 17.1. The topological polar surface area (TPSA) is 61.2 Å². The molecule has 0 radical (unpaired) electrons. The lowest BCUT2D eigenvalue weighted by molar-refractivity contribution is 0.102. The molecular formula is C23H24N2O3S. The van der Waals surface area contributed by atoms with Gasteiger partial charge in [-0.3, -0.25) is 14.2 Å². The predicted octanol–water partition coefficient (Wildman–Crippen LogP) is 3.97. The molecular weight excluding hydrogens is 384 g/mol. The number of hydrogen-bond donors (Lipinski definition) is 0. The summed E-state index contributed by atoms with van der Waals surface area (Å²) < 4.78 is 6.65. The molecule has 0 unspecified atom stereocenters. The summed E-state index contributed by atoms with van der Waals surface area (Å²) in [6.07, 6.45) is 0.545. The first-order chi connectivity index (χ1) is 13.9. The van der Waals surface area contributed by atoms with Gasteiger partial charge in [0.15, 0.2) is 10.9 Å². The van der Waals surface area contributed by atoms with Gasteiger partial charge >= 0.3 is 0 Å². The van der Waals surface area contributed by atoms with Crippen molar-refractivity contribution < 1.29 is 9.53 Å². The van der Waals surface area contributed by atoms with E-state index < -0.39 is 0 Å². The van der Waals surface area contributed by atoms with Crippen molar-refractivity contribution in [3.8, 4) is 5.75 Å². The first-order valence-corrected chi connectivity index (χ1v) is 10.3. The van der Waals surface area contributed by atoms with Crippen molar-refractivity contribution in [3.63, 3.8) is 0 Å². The molecule has 0 aliphatic carbocycles. The molecule has 0 atom stereocenters. The number of ketones is 1. The third kappa shape index (κ3) is 4.95. The first-order valence-electron chi connectivity index (χ1n) is 9.31. The number of aromatic nitrogens is 2. The predicted molar refractivity (Wildman–Crippen MR) is 116 cm³/mol. The number of carbonyl (C=O) groups is 1. The molecule has 0 aliphatic heterocycles. The zero-order chi connectivity index (χ0) is 21.0. The molecule has 1 aromatic heterocycles. The third-order valence-corrected chi connectivity index (χ3v) is 5.79. The number of methoxy groups -OCH3 is 1. The molecule has 3 rings (SSSR count). The largest absolute Gasteiger partial charge is 0.497 e. The van der Waals surface area contributed by atoms with Gasteiger partial charge in [0.2, 0.25) is 0 Å². The van der Waals surface area contributed by atoms with Crippen LogP contribution in [0.15, 0.2) is 58.5 Å². The highest BCUT2D eigenvalue weighted by Crippen LogP contribution is 2.19. The molecule has 2 aromatic carbocycles. The maximum absolute atomic E-state index is 12.9. The second kappa shape index (κ2) is 9.09. The SMILES string of the molecule is COc1ccc(C(=O)CSc2nc(C)c(Cc3cccc(C)c3)c(=O)n2C)cc1. The van der Waals surface area contributed by atoms with Gasteiger partial charge in [-0.15, -0.1) is 0 Å². The number of hydrogen-bond acceptors (Lipinski definition) is 5. The van der Waals surface area contributed by atoms with Gasteiger partial charge in [0.25, 0.3) is 5.56 Å². The average Bonchev–Trinajstić information content (AvgIpc) is 2.72. The Bertz CT molecular complexity index is 1090. The minimum absolute atomic E-state index is 0.0200. The minimum Gasteiger partial charge on any atom is -0.497 e. The van der Waals surface area contributed by atoms with Gasteiger partial charge in [-0.1, -0.05) is 41.6 Å². The number of Topliss-reactive ketones (excluding diaryl/α,β-unsaturated/α-hetero) is 1. The summed E-state index contributed by atoms with van der Waals surface area (Å²) in [6, 6.07) is 15.1. The van der Waals surface area contributed by atoms with Crippen LogP contribution >= 0.6 is 11.8 Å². The van der Waals surface area contributed by atoms with Crippen LogP contribution in [-0.4, -0.2) is 28.2 Å². The summed E-state index contributed by atoms with van der Waals surface area (Å²) in [7, 11) is 3.29. The van der Waals surface area contributed by atoms with Gasteiger partial charge < -0.3 is 4.74 Å². The number of thioether (sulfide) groups is 1. The minimum atomic E-state index is -0.0709. The Morgan fingerprint density at radius 2 is 1.86 bits per heavy atom. The van der Waals surface area contributed by atoms with Crippen molar-refractivity contribution in [3.05, 3.63) is 86.8 Å². The highest BCUT2D eigenvalue weighted by Gasteiger charge is 2.15. The van der Waals surface area contributed by atoms with Gasteiger partial charge in [-0.2, -0.15) is 0 Å². The fourth-order valence-electron chi connectivity index (χ4n) is 3.08. The highest BCUT2D eigenvalue weighted by molar-refractivity contribution is 7.99. The molecule has 0 spiro atoms. The fourth-order valence-corrected chi connectivity index (χ4v) is 3.98. The quantitative estimate of drug-likeness (QED) is 0.336. The molecule has 0 saturated carbocycles. The van der Waals surface area contributed by atoms with Crippen LogP contribution in [0.1, 0.15) is 32.7 Å². The van der Waals surface area contributed by atoms with Crippen LogP contribution < -0.4 is 10.3 Å². The highest BCUT2D eigenvalue weighted by atomic mass is 32.2. The molecule has 0 amide bonds. The van der Waals surface area contributed by atoms with Gasteiger partial charge in [0.05, 0.1) is 12.9 Å². The van der Waals surface area contributed by atoms with Crippen molar-refractivity contribution in [2.75, 3.05) is 12.9 Å². The van der Waals surface area contributed by atoms with Crippen molar-refractivity contribution in [2.45, 2.75) is 25.4 Å². The summed E-state index contributed by atoms with van der Waals surface area (Å²) >= 11 is 1.28. The second-order valence-electron chi connectivity index (χ2n) is 6.93. The van der Waals surface area contributed by atoms with E-state index in [4.69, 9.17) is 4.74 Å². The Balaban J connectivity index is 1.76. The van der Waals surface area contributed by atoms with Crippen molar-refractivity contribution >= 4 is 17.5 Å². The molecule has 5 nitrogen and oxygen atoms in total. The van der Waals surface area contributed by atoms with Gasteiger partial charge in [-0.05, 0) is 43.7 Å². The van der Waals surface area contributed by atoms with E-state index in [1.54, 1.807) is 38.4 Å². The summed E-state index contributed by atoms with van der Waals surface area (Å²) in [5.41, 5.74) is 4.17. The number of carbonyl (C=O) groups excluding carboxylic acids is 1. The number of nitrogens with zero attached hydrogens (tertiary/aromatic N) is 2. The van der Waals surface area contributed by atoms with Crippen LogP contribution in [0.25, 0.3) is 0 Å². The van der Waals surface area contributed by atoms with Gasteiger partial charge in [0.1, 0.15) is 5.75 Å². The molecule has 1 heterocycles. The molecule has 0 saturated heterocycles. The number of benzene rings is 2. The van der Waals surface area contributed by atoms with Crippen LogP contribution in [-0.2, 0) is 13.5 Å². The molecule has 150 valence electrons. The average molecular weight is 409 g/mol. The molecule has 29 heavy (non-hydrogen) atoms. The third-order valence-electron chi connectivity index (χ3n) is 4.76. The van der Waals surface area contributed by atoms with E-state index in [1.165, 1.54) is 16.3 Å². The Morgan fingerprint density at radius 1 is 1.14 bits per heavy atom. The normalized spacial score (nSPS) is 10.8. The first kappa shape index (κ1) is 20.9. The van der Waals surface area contributed by atoms with E-state index in [1.807, 2.05) is 32.0 Å². The Morgan fingerprint density at radius 3 is 2.52 bits per heavy atom. The van der Waals surface area contributed by atoms with Crippen molar-refractivity contribution in [1.29, 1.82) is 0 Å². The smallest absolute Gasteiger partial charge is 0.257 e. The lowest BCUT2D eigenvalue weighted by Gasteiger charge is -2.12. The number of ether oxygens (including phenoxy) is 1. The zero-order valence-corrected chi connectivity index (χ0v) is 17.9. The monoisotopic (exact) mass is 408 g/mol. The second-order valence-corrected chi connectivity index (χ2v) is 7.87. The lowest BCUT2D eigenvalue weighted by Crippen LogP contribution is -2.26. The molecule has 6 heteroatoms. The van der Waals surface area contributed by atoms with E-state index in [0.29, 0.717) is 34.1 Å². The van der Waals surface area contributed by atoms with Crippen LogP contribution in [0.3, 0.4) is 0 Å². The molecule has 3 aromatic rings. The van der Waals surface area contributed by atoms with E-state index in [9.17, 15) is 9.59 Å². The van der Waals surface area contributed by atoms with Gasteiger partial charge in [0, 0.05) is 30.3 Å². The standard InChI is InChI=1S/C23H24N2O3S/c1-15-6-5-7-17(12-15)13-20-16(2)24-23(25(3)22(20)27)29-14-21(26)18-8-10-19(28-4)11-9-18/h5-12H,13-14H2,1-4H3. The Hall–Kier alpha value is -2.86. The van der Waals surface area contributed by atoms with Crippen LogP contribution in [0.2, 0.25) is 0 Å². The van der Waals surface area contributed by atoms with E-state index in [2.05, 4.69) is 11.1 Å². The van der Waals surface area contributed by atoms with E-state index in [-0.39, 0.29) is 17.1 Å². The number of rotatable bonds is 7. The lowest BCUT2D eigenvalue weighted by atomic mass is 10.0. The fraction of sp³-hybridized carbons (Fsp3) is 0.261. The van der Waals surface area contributed by atoms with Gasteiger partial charge in [-0.25, -0.2) is 4.98 Å². The van der Waals surface area contributed by atoms with Crippen LogP contribution in [0, 0.1) is 13.8 Å². The Labute approximate surface area is 174 Å². The Kier molecular flexibility index (Phi) is 6.54. The maximum atomic E-state index is 12.9. The summed E-state index contributed by atoms with van der Waals surface area (Å²) in [5.74, 6) is 0.898. The van der Waals surface area contributed by atoms with Crippen LogP contribution in [0.4, 0.5) is 0 Å². The molecule has 0 fully saturated rings. The maximum Gasteiger partial charge on any atom is 0.257 e. The summed E-state index contributed by atoms with van der Waals surface area (Å²) in [6.45, 7) is 3.88. The van der Waals surface area contributed by atoms with Crippen LogP contribution in [0.5, 0.6) is 5.75 Å². The van der Waals surface area contributed by atoms with E-state index in [0.717, 1.165) is 11.1 Å². The van der Waals surface area contributed by atoms with Crippen molar-refractivity contribution in [1.82, 2.24) is 9.55 Å². The van der Waals surface area contributed by atoms with E-state index >= 15 is 0 Å². The molecule has 0 N–H and O–H groups in total. The molecule has 0 bridgehead atoms.